The van der Waals surface area contributed by atoms with Crippen LogP contribution in [0.5, 0.6) is 0 Å². The van der Waals surface area contributed by atoms with Crippen LogP contribution in [0.2, 0.25) is 0 Å². The van der Waals surface area contributed by atoms with Gasteiger partial charge in [0.05, 0.1) is 25.9 Å². The summed E-state index contributed by atoms with van der Waals surface area (Å²) in [6.45, 7) is 10.0. The van der Waals surface area contributed by atoms with Gasteiger partial charge < -0.3 is 18.9 Å². The fourth-order valence-electron chi connectivity index (χ4n) is 2.95. The van der Waals surface area contributed by atoms with Crippen LogP contribution in [0.4, 0.5) is 0 Å². The van der Waals surface area contributed by atoms with Crippen LogP contribution < -0.4 is 0 Å². The minimum absolute atomic E-state index is 0.218. The Kier molecular flexibility index (Phi) is 15.6. The van der Waals surface area contributed by atoms with Crippen molar-refractivity contribution in [1.82, 2.24) is 0 Å². The predicted molar refractivity (Wildman–Crippen MR) is 125 cm³/mol. The molecule has 0 aliphatic rings. The van der Waals surface area contributed by atoms with Gasteiger partial charge in [-0.15, -0.1) is 0 Å². The highest BCUT2D eigenvalue weighted by molar-refractivity contribution is 5.78. The Balaban J connectivity index is 4.02. The van der Waals surface area contributed by atoms with Crippen molar-refractivity contribution >= 4 is 23.7 Å². The van der Waals surface area contributed by atoms with Gasteiger partial charge in [-0.25, -0.2) is 0 Å². The summed E-state index contributed by atoms with van der Waals surface area (Å²) in [6, 6.07) is 0. The average molecular weight is 473 g/mol. The number of ketones is 1. The maximum absolute atomic E-state index is 12.0. The number of rotatable bonds is 19. The Morgan fingerprint density at radius 3 is 1.76 bits per heavy atom. The van der Waals surface area contributed by atoms with E-state index in [0.29, 0.717) is 70.8 Å². The molecular formula is C25H44O8. The number of carbonyl (C=O) groups is 4. The third-order valence-electron chi connectivity index (χ3n) is 5.27. The van der Waals surface area contributed by atoms with E-state index >= 15 is 0 Å². The molecule has 0 aromatic carbocycles. The SMILES string of the molecule is CCC(=O)CCCCC(=O)OCCC(C)(C)OCCC(C)(C)OC(=O)CCCCC(=O)OC. The smallest absolute Gasteiger partial charge is 0.306 e. The summed E-state index contributed by atoms with van der Waals surface area (Å²) in [4.78, 5) is 46.2. The van der Waals surface area contributed by atoms with Gasteiger partial charge >= 0.3 is 17.9 Å². The normalized spacial score (nSPS) is 11.7. The first-order valence-corrected chi connectivity index (χ1v) is 12.0. The van der Waals surface area contributed by atoms with Gasteiger partial charge in [0.2, 0.25) is 0 Å². The van der Waals surface area contributed by atoms with Gasteiger partial charge in [-0.1, -0.05) is 6.92 Å². The van der Waals surface area contributed by atoms with Crippen LogP contribution in [0.1, 0.15) is 105 Å². The summed E-state index contributed by atoms with van der Waals surface area (Å²) in [7, 11) is 1.34. The Hall–Kier alpha value is -1.96. The lowest BCUT2D eigenvalue weighted by atomic mass is 10.0. The first kappa shape index (κ1) is 31.0. The zero-order valence-corrected chi connectivity index (χ0v) is 21.5. The second-order valence-electron chi connectivity index (χ2n) is 9.44. The Morgan fingerprint density at radius 1 is 0.667 bits per heavy atom. The van der Waals surface area contributed by atoms with Gasteiger partial charge in [-0.3, -0.25) is 19.2 Å². The summed E-state index contributed by atoms with van der Waals surface area (Å²) in [6.07, 6.45) is 5.54. The van der Waals surface area contributed by atoms with Gasteiger partial charge in [-0.05, 0) is 53.4 Å². The molecule has 0 aliphatic carbocycles. The fraction of sp³-hybridized carbons (Fsp3) is 0.840. The van der Waals surface area contributed by atoms with Crippen molar-refractivity contribution in [3.8, 4) is 0 Å². The molecule has 0 saturated carbocycles. The molecule has 0 aliphatic heterocycles. The minimum atomic E-state index is -0.666. The lowest BCUT2D eigenvalue weighted by Crippen LogP contribution is -2.33. The van der Waals surface area contributed by atoms with Crippen molar-refractivity contribution in [2.24, 2.45) is 0 Å². The predicted octanol–water partition coefficient (Wildman–Crippen LogP) is 4.70. The molecule has 0 N–H and O–H groups in total. The minimum Gasteiger partial charge on any atom is -0.469 e. The molecular weight excluding hydrogens is 428 g/mol. The van der Waals surface area contributed by atoms with Gasteiger partial charge in [0.15, 0.2) is 0 Å². The summed E-state index contributed by atoms with van der Waals surface area (Å²) in [5.74, 6) is -0.612. The highest BCUT2D eigenvalue weighted by Gasteiger charge is 2.25. The topological polar surface area (TPSA) is 105 Å². The molecule has 0 atom stereocenters. The van der Waals surface area contributed by atoms with Crippen LogP contribution >= 0.6 is 0 Å². The van der Waals surface area contributed by atoms with E-state index in [1.54, 1.807) is 0 Å². The number of carbonyl (C=O) groups excluding carboxylic acids is 4. The second-order valence-corrected chi connectivity index (χ2v) is 9.44. The largest absolute Gasteiger partial charge is 0.469 e. The number of unbranched alkanes of at least 4 members (excludes halogenated alkanes) is 2. The Labute approximate surface area is 199 Å². The molecule has 0 aromatic heterocycles. The van der Waals surface area contributed by atoms with Crippen LogP contribution in [0.3, 0.4) is 0 Å². The van der Waals surface area contributed by atoms with Gasteiger partial charge in [-0.2, -0.15) is 0 Å². The molecule has 0 amide bonds. The van der Waals surface area contributed by atoms with E-state index in [1.807, 2.05) is 34.6 Å². The summed E-state index contributed by atoms with van der Waals surface area (Å²) >= 11 is 0. The molecule has 0 heterocycles. The molecule has 8 heteroatoms. The highest BCUT2D eigenvalue weighted by Crippen LogP contribution is 2.21. The molecule has 33 heavy (non-hydrogen) atoms. The Bertz CT molecular complexity index is 610. The number of Topliss-reactive ketones (excluding diaryl/α,β-unsaturated/α-hetero) is 1. The molecule has 192 valence electrons. The lowest BCUT2D eigenvalue weighted by Gasteiger charge is -2.29. The maximum Gasteiger partial charge on any atom is 0.306 e. The highest BCUT2D eigenvalue weighted by atomic mass is 16.6. The standard InChI is InChI=1S/C25H44O8/c1-7-20(26)12-8-9-14-22(28)31-18-16-24(2,3)32-19-17-25(4,5)33-23(29)15-11-10-13-21(27)30-6/h7-19H2,1-6H3. The maximum atomic E-state index is 12.0. The zero-order chi connectivity index (χ0) is 25.3. The van der Waals surface area contributed by atoms with Gasteiger partial charge in [0, 0.05) is 44.9 Å². The van der Waals surface area contributed by atoms with Crippen LogP contribution in [0, 0.1) is 0 Å². The van der Waals surface area contributed by atoms with Crippen LogP contribution in [0.15, 0.2) is 0 Å². The molecule has 0 saturated heterocycles. The van der Waals surface area contributed by atoms with Crippen LogP contribution in [0.25, 0.3) is 0 Å². The molecule has 0 fully saturated rings. The van der Waals surface area contributed by atoms with Crippen molar-refractivity contribution in [1.29, 1.82) is 0 Å². The van der Waals surface area contributed by atoms with E-state index in [9.17, 15) is 19.2 Å². The molecule has 8 nitrogen and oxygen atoms in total. The summed E-state index contributed by atoms with van der Waals surface area (Å²) in [5, 5.41) is 0. The van der Waals surface area contributed by atoms with Crippen molar-refractivity contribution < 1.29 is 38.1 Å². The third kappa shape index (κ3) is 18.2. The molecule has 0 bridgehead atoms. The van der Waals surface area contributed by atoms with E-state index in [1.165, 1.54) is 7.11 Å². The zero-order valence-electron chi connectivity index (χ0n) is 21.5. The quantitative estimate of drug-likeness (QED) is 0.151. The second kappa shape index (κ2) is 16.6. The summed E-state index contributed by atoms with van der Waals surface area (Å²) < 4.78 is 21.3. The van der Waals surface area contributed by atoms with E-state index in [0.717, 1.165) is 0 Å². The van der Waals surface area contributed by atoms with Crippen molar-refractivity contribution in [3.63, 3.8) is 0 Å². The summed E-state index contributed by atoms with van der Waals surface area (Å²) in [5.41, 5.74) is -1.15. The number of methoxy groups -OCH3 is 1. The average Bonchev–Trinajstić information content (AvgIpc) is 2.72. The first-order chi connectivity index (χ1) is 15.4. The molecule has 0 aromatic rings. The number of hydrogen-bond donors (Lipinski definition) is 0. The fourth-order valence-corrected chi connectivity index (χ4v) is 2.95. The molecule has 0 rings (SSSR count). The van der Waals surface area contributed by atoms with Gasteiger partial charge in [0.25, 0.3) is 0 Å². The first-order valence-electron chi connectivity index (χ1n) is 12.0. The van der Waals surface area contributed by atoms with E-state index in [2.05, 4.69) is 4.74 Å². The number of hydrogen-bond acceptors (Lipinski definition) is 8. The van der Waals surface area contributed by atoms with Crippen LogP contribution in [-0.4, -0.2) is 55.2 Å². The van der Waals surface area contributed by atoms with E-state index in [-0.39, 0.29) is 36.7 Å². The lowest BCUT2D eigenvalue weighted by molar-refractivity contribution is -0.159. The van der Waals surface area contributed by atoms with Crippen molar-refractivity contribution in [2.75, 3.05) is 20.3 Å². The number of ether oxygens (including phenoxy) is 4. The van der Waals surface area contributed by atoms with Crippen molar-refractivity contribution in [2.45, 2.75) is 116 Å². The van der Waals surface area contributed by atoms with E-state index in [4.69, 9.17) is 14.2 Å². The Morgan fingerprint density at radius 2 is 1.18 bits per heavy atom. The monoisotopic (exact) mass is 472 g/mol. The van der Waals surface area contributed by atoms with Crippen LogP contribution in [-0.2, 0) is 38.1 Å². The molecule has 0 radical (unpaired) electrons. The third-order valence-corrected chi connectivity index (χ3v) is 5.27. The number of esters is 3. The molecule has 0 unspecified atom stereocenters. The molecule has 0 spiro atoms. The van der Waals surface area contributed by atoms with Crippen molar-refractivity contribution in [3.05, 3.63) is 0 Å². The van der Waals surface area contributed by atoms with E-state index < -0.39 is 11.2 Å². The van der Waals surface area contributed by atoms with Gasteiger partial charge in [0.1, 0.15) is 11.4 Å².